The maximum atomic E-state index is 9.37. The van der Waals surface area contributed by atoms with Crippen molar-refractivity contribution in [2.75, 3.05) is 27.2 Å². The van der Waals surface area contributed by atoms with E-state index >= 15 is 0 Å². The first-order valence-electron chi connectivity index (χ1n) is 7.59. The second-order valence-corrected chi connectivity index (χ2v) is 7.24. The van der Waals surface area contributed by atoms with E-state index in [2.05, 4.69) is 55.7 Å². The van der Waals surface area contributed by atoms with Gasteiger partial charge in [0.1, 0.15) is 6.07 Å². The number of hydrogen-bond acceptors (Lipinski definition) is 4. The minimum atomic E-state index is -0.0900. The summed E-state index contributed by atoms with van der Waals surface area (Å²) in [5.74, 6) is 0. The van der Waals surface area contributed by atoms with Crippen molar-refractivity contribution in [3.8, 4) is 6.07 Å². The molecule has 0 radical (unpaired) electrons. The molecular formula is C17H26N4. The molecule has 1 saturated heterocycles. The normalized spacial score (nSPS) is 20.0. The van der Waals surface area contributed by atoms with Gasteiger partial charge in [-0.25, -0.2) is 0 Å². The Bertz CT molecular complexity index is 537. The largest absolute Gasteiger partial charge is 0.305 e. The predicted octanol–water partition coefficient (Wildman–Crippen LogP) is 2.39. The summed E-state index contributed by atoms with van der Waals surface area (Å²) < 4.78 is 0. The molecule has 2 rings (SSSR count). The van der Waals surface area contributed by atoms with E-state index in [0.29, 0.717) is 11.6 Å². The first-order chi connectivity index (χ1) is 9.81. The number of pyridine rings is 1. The molecule has 4 heteroatoms. The number of rotatable bonds is 3. The van der Waals surface area contributed by atoms with Crippen LogP contribution in [0.2, 0.25) is 0 Å². The van der Waals surface area contributed by atoms with Crippen LogP contribution in [0.15, 0.2) is 12.3 Å². The average Bonchev–Trinajstić information content (AvgIpc) is 2.86. The summed E-state index contributed by atoms with van der Waals surface area (Å²) in [6.45, 7) is 9.38. The van der Waals surface area contributed by atoms with Gasteiger partial charge in [-0.05, 0) is 32.1 Å². The Hall–Kier alpha value is -1.44. The number of likely N-dealkylation sites (tertiary alicyclic amines) is 1. The molecule has 2 heterocycles. The lowest BCUT2D eigenvalue weighted by atomic mass is 9.88. The zero-order valence-corrected chi connectivity index (χ0v) is 13.8. The summed E-state index contributed by atoms with van der Waals surface area (Å²) in [4.78, 5) is 9.29. The molecule has 0 aliphatic carbocycles. The van der Waals surface area contributed by atoms with Gasteiger partial charge in [0, 0.05) is 37.3 Å². The number of aromatic nitrogens is 1. The van der Waals surface area contributed by atoms with Crippen LogP contribution in [0.25, 0.3) is 0 Å². The van der Waals surface area contributed by atoms with Crippen molar-refractivity contribution in [1.29, 1.82) is 5.26 Å². The highest BCUT2D eigenvalue weighted by molar-refractivity contribution is 5.39. The molecular weight excluding hydrogens is 260 g/mol. The molecule has 1 aliphatic heterocycles. The molecule has 0 aromatic carbocycles. The van der Waals surface area contributed by atoms with E-state index < -0.39 is 0 Å². The van der Waals surface area contributed by atoms with Crippen molar-refractivity contribution < 1.29 is 0 Å². The van der Waals surface area contributed by atoms with E-state index in [0.717, 1.165) is 30.9 Å². The van der Waals surface area contributed by atoms with Crippen molar-refractivity contribution in [1.82, 2.24) is 14.8 Å². The van der Waals surface area contributed by atoms with Crippen LogP contribution in [0.3, 0.4) is 0 Å². The quantitative estimate of drug-likeness (QED) is 0.855. The van der Waals surface area contributed by atoms with Crippen LogP contribution in [0.1, 0.15) is 44.0 Å². The van der Waals surface area contributed by atoms with Crippen LogP contribution in [0, 0.1) is 11.3 Å². The molecule has 0 saturated carbocycles. The van der Waals surface area contributed by atoms with Gasteiger partial charge in [-0.1, -0.05) is 20.8 Å². The van der Waals surface area contributed by atoms with Crippen molar-refractivity contribution in [2.45, 2.75) is 45.2 Å². The Kier molecular flexibility index (Phi) is 4.65. The van der Waals surface area contributed by atoms with Gasteiger partial charge in [-0.2, -0.15) is 5.26 Å². The summed E-state index contributed by atoms with van der Waals surface area (Å²) in [5, 5.41) is 9.37. The molecule has 114 valence electrons. The Morgan fingerprint density at radius 2 is 2.14 bits per heavy atom. The maximum Gasteiger partial charge on any atom is 0.101 e. The topological polar surface area (TPSA) is 43.2 Å². The van der Waals surface area contributed by atoms with Crippen LogP contribution >= 0.6 is 0 Å². The third-order valence-corrected chi connectivity index (χ3v) is 4.16. The Labute approximate surface area is 128 Å². The van der Waals surface area contributed by atoms with Crippen LogP contribution in [-0.2, 0) is 12.0 Å². The van der Waals surface area contributed by atoms with Crippen LogP contribution in [0.5, 0.6) is 0 Å². The maximum absolute atomic E-state index is 9.37. The fraction of sp³-hybridized carbons (Fsp3) is 0.647. The number of nitriles is 1. The van der Waals surface area contributed by atoms with Crippen molar-refractivity contribution >= 4 is 0 Å². The van der Waals surface area contributed by atoms with Gasteiger partial charge < -0.3 is 4.90 Å². The summed E-state index contributed by atoms with van der Waals surface area (Å²) in [7, 11) is 4.28. The molecule has 1 atom stereocenters. The molecule has 0 amide bonds. The van der Waals surface area contributed by atoms with Gasteiger partial charge in [-0.15, -0.1) is 0 Å². The molecule has 0 N–H and O–H groups in total. The summed E-state index contributed by atoms with van der Waals surface area (Å²) in [5.41, 5.74) is 2.65. The molecule has 1 aromatic rings. The van der Waals surface area contributed by atoms with E-state index in [1.807, 2.05) is 12.3 Å². The zero-order chi connectivity index (χ0) is 15.6. The Morgan fingerprint density at radius 3 is 2.67 bits per heavy atom. The van der Waals surface area contributed by atoms with E-state index in [1.165, 1.54) is 6.42 Å². The highest BCUT2D eigenvalue weighted by Gasteiger charge is 2.25. The number of nitrogens with zero attached hydrogens (tertiary/aromatic N) is 4. The Balaban J connectivity index is 2.11. The fourth-order valence-corrected chi connectivity index (χ4v) is 2.91. The molecule has 1 aromatic heterocycles. The van der Waals surface area contributed by atoms with Crippen molar-refractivity contribution in [3.05, 3.63) is 29.1 Å². The first-order valence-corrected chi connectivity index (χ1v) is 7.59. The van der Waals surface area contributed by atoms with Gasteiger partial charge in [0.15, 0.2) is 0 Å². The Morgan fingerprint density at radius 1 is 1.43 bits per heavy atom. The molecule has 0 unspecified atom stereocenters. The van der Waals surface area contributed by atoms with E-state index in [-0.39, 0.29) is 5.41 Å². The minimum absolute atomic E-state index is 0.0900. The van der Waals surface area contributed by atoms with Crippen molar-refractivity contribution in [3.63, 3.8) is 0 Å². The smallest absolute Gasteiger partial charge is 0.101 e. The second kappa shape index (κ2) is 6.13. The van der Waals surface area contributed by atoms with Crippen LogP contribution < -0.4 is 0 Å². The first kappa shape index (κ1) is 15.9. The highest BCUT2D eigenvalue weighted by atomic mass is 15.2. The fourth-order valence-electron chi connectivity index (χ4n) is 2.91. The average molecular weight is 286 g/mol. The van der Waals surface area contributed by atoms with Gasteiger partial charge in [0.2, 0.25) is 0 Å². The third kappa shape index (κ3) is 3.81. The number of likely N-dealkylation sites (N-methyl/N-ethyl adjacent to an activating group) is 1. The molecule has 1 fully saturated rings. The standard InChI is InChI=1S/C17H26N4/c1-17(2,3)16-14(9-18)8-13(10-19-16)11-21-7-6-15(12-21)20(4)5/h8,10,15H,6-7,11-12H2,1-5H3/t15-/m0/s1. The lowest BCUT2D eigenvalue weighted by Crippen LogP contribution is -2.31. The minimum Gasteiger partial charge on any atom is -0.305 e. The van der Waals surface area contributed by atoms with Crippen molar-refractivity contribution in [2.24, 2.45) is 0 Å². The van der Waals surface area contributed by atoms with Gasteiger partial charge in [0.25, 0.3) is 0 Å². The second-order valence-electron chi connectivity index (χ2n) is 7.24. The van der Waals surface area contributed by atoms with Crippen LogP contribution in [-0.4, -0.2) is 48.0 Å². The van der Waals surface area contributed by atoms with Gasteiger partial charge in [0.05, 0.1) is 11.3 Å². The zero-order valence-electron chi connectivity index (χ0n) is 13.8. The summed E-state index contributed by atoms with van der Waals surface area (Å²) >= 11 is 0. The molecule has 21 heavy (non-hydrogen) atoms. The molecule has 4 nitrogen and oxygen atoms in total. The summed E-state index contributed by atoms with van der Waals surface area (Å²) in [6.07, 6.45) is 3.15. The highest BCUT2D eigenvalue weighted by Crippen LogP contribution is 2.25. The lowest BCUT2D eigenvalue weighted by Gasteiger charge is -2.22. The van der Waals surface area contributed by atoms with Gasteiger partial charge >= 0.3 is 0 Å². The third-order valence-electron chi connectivity index (χ3n) is 4.16. The van der Waals surface area contributed by atoms with E-state index in [4.69, 9.17) is 0 Å². The van der Waals surface area contributed by atoms with Gasteiger partial charge in [-0.3, -0.25) is 9.88 Å². The predicted molar refractivity (Wildman–Crippen MR) is 85.0 cm³/mol. The number of hydrogen-bond donors (Lipinski definition) is 0. The monoisotopic (exact) mass is 286 g/mol. The van der Waals surface area contributed by atoms with E-state index in [9.17, 15) is 5.26 Å². The molecule has 0 bridgehead atoms. The SMILES string of the molecule is CN(C)[C@H]1CCN(Cc2cnc(C(C)(C)C)c(C#N)c2)C1. The van der Waals surface area contributed by atoms with Crippen LogP contribution in [0.4, 0.5) is 0 Å². The lowest BCUT2D eigenvalue weighted by molar-refractivity contribution is 0.264. The molecule has 1 aliphatic rings. The molecule has 0 spiro atoms. The summed E-state index contributed by atoms with van der Waals surface area (Å²) in [6, 6.07) is 4.96. The van der Waals surface area contributed by atoms with E-state index in [1.54, 1.807) is 0 Å².